The van der Waals surface area contributed by atoms with Gasteiger partial charge in [0.05, 0.1) is 11.1 Å². The minimum Gasteiger partial charge on any atom is -0.489 e. The summed E-state index contributed by atoms with van der Waals surface area (Å²) in [6.07, 6.45) is 2.47. The summed E-state index contributed by atoms with van der Waals surface area (Å²) in [4.78, 5) is 23.3. The first-order chi connectivity index (χ1) is 11.7. The fourth-order valence-electron chi connectivity index (χ4n) is 2.63. The van der Waals surface area contributed by atoms with E-state index in [2.05, 4.69) is 33.6 Å². The van der Waals surface area contributed by atoms with E-state index in [1.54, 1.807) is 11.3 Å². The van der Waals surface area contributed by atoms with Crippen LogP contribution in [0.4, 0.5) is 11.5 Å². The third-order valence-corrected chi connectivity index (χ3v) is 5.09. The Bertz CT molecular complexity index is 908. The Morgan fingerprint density at radius 3 is 3.12 bits per heavy atom. The zero-order chi connectivity index (χ0) is 16.5. The molecule has 7 heteroatoms. The molecule has 0 bridgehead atoms. The van der Waals surface area contributed by atoms with Crippen molar-refractivity contribution in [2.75, 3.05) is 17.2 Å². The van der Waals surface area contributed by atoms with Crippen molar-refractivity contribution in [3.8, 4) is 5.75 Å². The van der Waals surface area contributed by atoms with E-state index in [9.17, 15) is 4.79 Å². The molecule has 122 valence electrons. The summed E-state index contributed by atoms with van der Waals surface area (Å²) in [5.41, 5.74) is 0.684. The second-order valence-electron chi connectivity index (χ2n) is 5.50. The fourth-order valence-corrected chi connectivity index (χ4v) is 3.57. The highest BCUT2D eigenvalue weighted by Gasteiger charge is 2.25. The van der Waals surface area contributed by atoms with E-state index < -0.39 is 6.04 Å². The molecule has 1 unspecified atom stereocenters. The summed E-state index contributed by atoms with van der Waals surface area (Å²) in [7, 11) is 0. The monoisotopic (exact) mass is 340 g/mol. The number of ether oxygens (including phenoxy) is 1. The summed E-state index contributed by atoms with van der Waals surface area (Å²) in [6, 6.07) is 8.96. The lowest BCUT2D eigenvalue weighted by atomic mass is 10.2. The van der Waals surface area contributed by atoms with Gasteiger partial charge in [-0.3, -0.25) is 4.79 Å². The third kappa shape index (κ3) is 2.67. The Labute approximate surface area is 142 Å². The molecule has 4 rings (SSSR count). The molecule has 1 aliphatic rings. The van der Waals surface area contributed by atoms with Crippen LogP contribution >= 0.6 is 11.3 Å². The molecule has 2 N–H and O–H groups in total. The smallest absolute Gasteiger partial charge is 0.250 e. The van der Waals surface area contributed by atoms with Crippen molar-refractivity contribution >= 4 is 39.0 Å². The Morgan fingerprint density at radius 2 is 2.25 bits per heavy atom. The van der Waals surface area contributed by atoms with Crippen LogP contribution in [-0.4, -0.2) is 28.5 Å². The van der Waals surface area contributed by atoms with Crippen LogP contribution in [0.25, 0.3) is 10.2 Å². The summed E-state index contributed by atoms with van der Waals surface area (Å²) < 4.78 is 5.76. The molecule has 3 heterocycles. The molecule has 0 aliphatic carbocycles. The van der Waals surface area contributed by atoms with Gasteiger partial charge in [0.2, 0.25) is 0 Å². The van der Waals surface area contributed by atoms with E-state index in [4.69, 9.17) is 4.74 Å². The van der Waals surface area contributed by atoms with Crippen LogP contribution in [-0.2, 0) is 11.2 Å². The minimum atomic E-state index is -0.527. The highest BCUT2D eigenvalue weighted by Crippen LogP contribution is 2.30. The summed E-state index contributed by atoms with van der Waals surface area (Å²) in [6.45, 7) is 2.34. The number of hydrogen-bond acceptors (Lipinski definition) is 6. The molecule has 0 saturated carbocycles. The summed E-state index contributed by atoms with van der Waals surface area (Å²) in [5, 5.41) is 7.03. The van der Waals surface area contributed by atoms with Crippen molar-refractivity contribution in [1.29, 1.82) is 0 Å². The number of aromatic nitrogens is 2. The van der Waals surface area contributed by atoms with E-state index in [0.29, 0.717) is 17.3 Å². The molecule has 0 radical (unpaired) electrons. The first kappa shape index (κ1) is 14.9. The lowest BCUT2D eigenvalue weighted by Gasteiger charge is -2.15. The van der Waals surface area contributed by atoms with Crippen LogP contribution < -0.4 is 15.4 Å². The second-order valence-corrected chi connectivity index (χ2v) is 6.62. The summed E-state index contributed by atoms with van der Waals surface area (Å²) in [5.74, 6) is 1.19. The van der Waals surface area contributed by atoms with E-state index in [1.165, 1.54) is 11.2 Å². The van der Waals surface area contributed by atoms with Crippen LogP contribution in [0.2, 0.25) is 0 Å². The highest BCUT2D eigenvalue weighted by atomic mass is 32.1. The van der Waals surface area contributed by atoms with Gasteiger partial charge in [0, 0.05) is 4.88 Å². The number of para-hydroxylation sites is 2. The quantitative estimate of drug-likeness (QED) is 0.766. The predicted octanol–water partition coefficient (Wildman–Crippen LogP) is 3.07. The molecule has 0 fully saturated rings. The van der Waals surface area contributed by atoms with Gasteiger partial charge in [-0.1, -0.05) is 19.1 Å². The first-order valence-electron chi connectivity index (χ1n) is 7.77. The first-order valence-corrected chi connectivity index (χ1v) is 8.59. The number of nitrogens with zero attached hydrogens (tertiary/aromatic N) is 2. The Kier molecular flexibility index (Phi) is 3.78. The van der Waals surface area contributed by atoms with Crippen LogP contribution in [0, 0.1) is 0 Å². The van der Waals surface area contributed by atoms with Gasteiger partial charge in [-0.25, -0.2) is 9.97 Å². The number of anilines is 2. The summed E-state index contributed by atoms with van der Waals surface area (Å²) >= 11 is 1.65. The lowest BCUT2D eigenvalue weighted by molar-refractivity contribution is -0.117. The number of amides is 1. The number of aryl methyl sites for hydroxylation is 1. The van der Waals surface area contributed by atoms with Crippen molar-refractivity contribution in [1.82, 2.24) is 9.97 Å². The van der Waals surface area contributed by atoms with E-state index in [1.807, 2.05) is 24.3 Å². The molecular formula is C17H16N4O2S. The van der Waals surface area contributed by atoms with E-state index in [-0.39, 0.29) is 12.5 Å². The molecule has 24 heavy (non-hydrogen) atoms. The van der Waals surface area contributed by atoms with Gasteiger partial charge < -0.3 is 15.4 Å². The molecule has 0 saturated heterocycles. The van der Waals surface area contributed by atoms with Gasteiger partial charge in [0.15, 0.2) is 0 Å². The zero-order valence-corrected chi connectivity index (χ0v) is 13.9. The van der Waals surface area contributed by atoms with Gasteiger partial charge in [-0.05, 0) is 24.6 Å². The maximum Gasteiger partial charge on any atom is 0.250 e. The highest BCUT2D eigenvalue weighted by molar-refractivity contribution is 7.18. The molecule has 1 amide bonds. The van der Waals surface area contributed by atoms with Gasteiger partial charge >= 0.3 is 0 Å². The molecule has 0 spiro atoms. The molecule has 6 nitrogen and oxygen atoms in total. The van der Waals surface area contributed by atoms with Crippen molar-refractivity contribution in [2.45, 2.75) is 19.4 Å². The maximum absolute atomic E-state index is 12.5. The molecule has 1 aliphatic heterocycles. The number of benzene rings is 1. The Balaban J connectivity index is 1.62. The maximum atomic E-state index is 12.5. The minimum absolute atomic E-state index is 0.141. The number of thiophene rings is 1. The van der Waals surface area contributed by atoms with Crippen LogP contribution in [0.5, 0.6) is 5.75 Å². The van der Waals surface area contributed by atoms with Crippen molar-refractivity contribution < 1.29 is 9.53 Å². The molecule has 1 atom stereocenters. The van der Waals surface area contributed by atoms with Gasteiger partial charge in [-0.15, -0.1) is 11.3 Å². The average molecular weight is 340 g/mol. The molecular weight excluding hydrogens is 324 g/mol. The van der Waals surface area contributed by atoms with E-state index in [0.717, 1.165) is 16.6 Å². The lowest BCUT2D eigenvalue weighted by Crippen LogP contribution is -2.38. The van der Waals surface area contributed by atoms with E-state index >= 15 is 0 Å². The largest absolute Gasteiger partial charge is 0.489 e. The Morgan fingerprint density at radius 1 is 1.38 bits per heavy atom. The van der Waals surface area contributed by atoms with Gasteiger partial charge in [-0.2, -0.15) is 0 Å². The Hall–Kier alpha value is -2.67. The standard InChI is InChI=1S/C17H16N4O2S/c1-2-10-7-11-15(18-9-19-17(11)24-10)20-13-8-23-14-6-4-3-5-12(14)21-16(13)22/h3-7,9,13H,2,8H2,1H3,(H,21,22)(H,18,19,20). The normalized spacial score (nSPS) is 16.9. The molecule has 3 aromatic rings. The second kappa shape index (κ2) is 6.09. The van der Waals surface area contributed by atoms with Crippen molar-refractivity contribution in [3.05, 3.63) is 41.5 Å². The number of nitrogens with one attached hydrogen (secondary N) is 2. The van der Waals surface area contributed by atoms with Crippen molar-refractivity contribution in [3.63, 3.8) is 0 Å². The average Bonchev–Trinajstić information content (AvgIpc) is 2.97. The van der Waals surface area contributed by atoms with Gasteiger partial charge in [0.25, 0.3) is 5.91 Å². The fraction of sp³-hybridized carbons (Fsp3) is 0.235. The van der Waals surface area contributed by atoms with Crippen LogP contribution in [0.3, 0.4) is 0 Å². The molecule has 1 aromatic carbocycles. The number of rotatable bonds is 3. The van der Waals surface area contributed by atoms with Crippen LogP contribution in [0.15, 0.2) is 36.7 Å². The number of hydrogen-bond donors (Lipinski definition) is 2. The van der Waals surface area contributed by atoms with Crippen molar-refractivity contribution in [2.24, 2.45) is 0 Å². The zero-order valence-electron chi connectivity index (χ0n) is 13.1. The van der Waals surface area contributed by atoms with Crippen LogP contribution in [0.1, 0.15) is 11.8 Å². The third-order valence-electron chi connectivity index (χ3n) is 3.91. The molecule has 2 aromatic heterocycles. The SMILES string of the molecule is CCc1cc2c(NC3COc4ccccc4NC3=O)ncnc2s1. The topological polar surface area (TPSA) is 76.1 Å². The number of fused-ring (bicyclic) bond motifs is 2. The van der Waals surface area contributed by atoms with Gasteiger partial charge in [0.1, 0.15) is 35.4 Å². The number of carbonyl (C=O) groups excluding carboxylic acids is 1. The predicted molar refractivity (Wildman–Crippen MR) is 94.8 cm³/mol. The number of carbonyl (C=O) groups is 1.